The number of carbonyl (C=O) groups is 2. The highest BCUT2D eigenvalue weighted by atomic mass is 16.4. The minimum absolute atomic E-state index is 0.347. The van der Waals surface area contributed by atoms with Gasteiger partial charge in [0, 0.05) is 30.3 Å². The van der Waals surface area contributed by atoms with Crippen molar-refractivity contribution in [2.24, 2.45) is 12.8 Å². The normalized spacial score (nSPS) is 10.6. The summed E-state index contributed by atoms with van der Waals surface area (Å²) in [5.41, 5.74) is 8.99. The van der Waals surface area contributed by atoms with E-state index in [1.54, 1.807) is 6.07 Å². The summed E-state index contributed by atoms with van der Waals surface area (Å²) in [4.78, 5) is 19.1. The number of fused-ring (bicyclic) bond motifs is 1. The van der Waals surface area contributed by atoms with Crippen LogP contribution in [0.3, 0.4) is 0 Å². The van der Waals surface area contributed by atoms with Crippen LogP contribution in [0.25, 0.3) is 10.9 Å². The average molecular weight is 320 g/mol. The number of benzene rings is 1. The Labute approximate surface area is 133 Å². The second-order valence-corrected chi connectivity index (χ2v) is 4.84. The standard InChI is InChI=1S/C12H16N2O.C4H4O4/c1-8-9(6-7-13)12-10(14(8)2)4-3-5-11(12)15;5-3(6)1-2-4(7)8/h3-5,15H,6-7,13H2,1-2H3;1-2H,(H,5,6)(H,7,8)/b;2-1+. The first-order valence-electron chi connectivity index (χ1n) is 6.89. The number of phenols is 1. The largest absolute Gasteiger partial charge is 0.507 e. The molecular formula is C16H20N2O5. The topological polar surface area (TPSA) is 126 Å². The first-order chi connectivity index (χ1) is 10.8. The van der Waals surface area contributed by atoms with E-state index in [2.05, 4.69) is 11.5 Å². The highest BCUT2D eigenvalue weighted by Crippen LogP contribution is 2.32. The van der Waals surface area contributed by atoms with Gasteiger partial charge in [0.05, 0.1) is 5.52 Å². The molecule has 0 saturated heterocycles. The van der Waals surface area contributed by atoms with Crippen LogP contribution in [0.5, 0.6) is 5.75 Å². The van der Waals surface area contributed by atoms with Crippen molar-refractivity contribution >= 4 is 22.8 Å². The summed E-state index contributed by atoms with van der Waals surface area (Å²) in [5.74, 6) is -2.17. The molecule has 0 spiro atoms. The zero-order valence-electron chi connectivity index (χ0n) is 13.0. The fraction of sp³-hybridized carbons (Fsp3) is 0.250. The van der Waals surface area contributed by atoms with E-state index in [-0.39, 0.29) is 0 Å². The van der Waals surface area contributed by atoms with Gasteiger partial charge in [-0.15, -0.1) is 0 Å². The maximum absolute atomic E-state index is 9.86. The predicted octanol–water partition coefficient (Wildman–Crippen LogP) is 1.41. The number of aliphatic carboxylic acids is 2. The Kier molecular flexibility index (Phi) is 6.35. The molecule has 0 saturated carbocycles. The van der Waals surface area contributed by atoms with Crippen molar-refractivity contribution in [3.8, 4) is 5.75 Å². The summed E-state index contributed by atoms with van der Waals surface area (Å²) < 4.78 is 2.10. The van der Waals surface area contributed by atoms with Gasteiger partial charge in [0.1, 0.15) is 5.75 Å². The number of phenolic OH excluding ortho intramolecular Hbond substituents is 1. The maximum atomic E-state index is 9.86. The van der Waals surface area contributed by atoms with Gasteiger partial charge in [-0.25, -0.2) is 9.59 Å². The number of hydrogen-bond acceptors (Lipinski definition) is 4. The first-order valence-corrected chi connectivity index (χ1v) is 6.89. The second kappa shape index (κ2) is 8.00. The molecule has 0 amide bonds. The summed E-state index contributed by atoms with van der Waals surface area (Å²) in [7, 11) is 2.01. The molecular weight excluding hydrogens is 300 g/mol. The molecule has 7 nitrogen and oxygen atoms in total. The van der Waals surface area contributed by atoms with Crippen LogP contribution in [0.4, 0.5) is 0 Å². The van der Waals surface area contributed by atoms with Gasteiger partial charge in [0.15, 0.2) is 0 Å². The number of carboxylic acid groups (broad SMARTS) is 2. The van der Waals surface area contributed by atoms with Crippen LogP contribution in [0, 0.1) is 6.92 Å². The summed E-state index contributed by atoms with van der Waals surface area (Å²) in [6.45, 7) is 2.67. The van der Waals surface area contributed by atoms with E-state index in [0.717, 1.165) is 22.9 Å². The Morgan fingerprint density at radius 1 is 1.22 bits per heavy atom. The minimum atomic E-state index is -1.26. The zero-order chi connectivity index (χ0) is 17.6. The van der Waals surface area contributed by atoms with Gasteiger partial charge >= 0.3 is 11.9 Å². The molecule has 1 aromatic carbocycles. The molecule has 2 rings (SSSR count). The molecule has 0 radical (unpaired) electrons. The molecule has 0 unspecified atom stereocenters. The maximum Gasteiger partial charge on any atom is 0.328 e. The molecule has 2 aromatic rings. The van der Waals surface area contributed by atoms with Gasteiger partial charge in [-0.3, -0.25) is 0 Å². The highest BCUT2D eigenvalue weighted by molar-refractivity contribution is 5.91. The smallest absolute Gasteiger partial charge is 0.328 e. The van der Waals surface area contributed by atoms with Crippen LogP contribution in [0.15, 0.2) is 30.4 Å². The average Bonchev–Trinajstić information content (AvgIpc) is 2.73. The quantitative estimate of drug-likeness (QED) is 0.631. The number of nitrogens with zero attached hydrogens (tertiary/aromatic N) is 1. The molecule has 7 heteroatoms. The first kappa shape index (κ1) is 18.2. The molecule has 0 atom stereocenters. The van der Waals surface area contributed by atoms with Crippen LogP contribution in [0.1, 0.15) is 11.3 Å². The van der Waals surface area contributed by atoms with Gasteiger partial charge in [-0.05, 0) is 37.6 Å². The van der Waals surface area contributed by atoms with Crippen molar-refractivity contribution in [2.75, 3.05) is 6.54 Å². The Morgan fingerprint density at radius 2 is 1.78 bits per heavy atom. The fourth-order valence-electron chi connectivity index (χ4n) is 2.27. The monoisotopic (exact) mass is 320 g/mol. The van der Waals surface area contributed by atoms with Gasteiger partial charge < -0.3 is 25.6 Å². The summed E-state index contributed by atoms with van der Waals surface area (Å²) in [6.07, 6.45) is 1.92. The number of aromatic hydroxyl groups is 1. The lowest BCUT2D eigenvalue weighted by Gasteiger charge is -2.00. The lowest BCUT2D eigenvalue weighted by molar-refractivity contribution is -0.134. The molecule has 5 N–H and O–H groups in total. The van der Waals surface area contributed by atoms with Crippen molar-refractivity contribution in [1.82, 2.24) is 4.57 Å². The Bertz CT molecular complexity index is 730. The van der Waals surface area contributed by atoms with Gasteiger partial charge in [0.25, 0.3) is 0 Å². The van der Waals surface area contributed by atoms with Crippen LogP contribution in [-0.2, 0) is 23.1 Å². The number of carboxylic acids is 2. The summed E-state index contributed by atoms with van der Waals surface area (Å²) in [6, 6.07) is 5.60. The third-order valence-electron chi connectivity index (χ3n) is 3.39. The van der Waals surface area contributed by atoms with Crippen LogP contribution in [0.2, 0.25) is 0 Å². The fourth-order valence-corrected chi connectivity index (χ4v) is 2.27. The number of hydrogen-bond donors (Lipinski definition) is 4. The predicted molar refractivity (Wildman–Crippen MR) is 86.5 cm³/mol. The third kappa shape index (κ3) is 4.58. The second-order valence-electron chi connectivity index (χ2n) is 4.84. The summed E-state index contributed by atoms with van der Waals surface area (Å²) in [5, 5.41) is 26.4. The van der Waals surface area contributed by atoms with E-state index in [4.69, 9.17) is 15.9 Å². The lowest BCUT2D eigenvalue weighted by atomic mass is 10.1. The molecule has 1 heterocycles. The van der Waals surface area contributed by atoms with Crippen LogP contribution >= 0.6 is 0 Å². The highest BCUT2D eigenvalue weighted by Gasteiger charge is 2.13. The molecule has 0 aliphatic carbocycles. The van der Waals surface area contributed by atoms with E-state index >= 15 is 0 Å². The molecule has 0 aliphatic rings. The van der Waals surface area contributed by atoms with Crippen LogP contribution in [-0.4, -0.2) is 38.4 Å². The lowest BCUT2D eigenvalue weighted by Crippen LogP contribution is -2.04. The van der Waals surface area contributed by atoms with Crippen molar-refractivity contribution in [3.63, 3.8) is 0 Å². The Hall–Kier alpha value is -2.80. The third-order valence-corrected chi connectivity index (χ3v) is 3.39. The van der Waals surface area contributed by atoms with Crippen LogP contribution < -0.4 is 5.73 Å². The van der Waals surface area contributed by atoms with E-state index in [1.165, 1.54) is 5.69 Å². The van der Waals surface area contributed by atoms with Gasteiger partial charge in [-0.2, -0.15) is 0 Å². The zero-order valence-corrected chi connectivity index (χ0v) is 13.0. The minimum Gasteiger partial charge on any atom is -0.507 e. The Morgan fingerprint density at radius 3 is 2.26 bits per heavy atom. The van der Waals surface area contributed by atoms with Crippen molar-refractivity contribution in [3.05, 3.63) is 41.6 Å². The van der Waals surface area contributed by atoms with Crippen molar-refractivity contribution in [2.45, 2.75) is 13.3 Å². The van der Waals surface area contributed by atoms with E-state index in [1.807, 2.05) is 19.2 Å². The van der Waals surface area contributed by atoms with E-state index in [0.29, 0.717) is 24.4 Å². The molecule has 0 bridgehead atoms. The van der Waals surface area contributed by atoms with Gasteiger partial charge in [0.2, 0.25) is 0 Å². The van der Waals surface area contributed by atoms with Crippen molar-refractivity contribution in [1.29, 1.82) is 0 Å². The van der Waals surface area contributed by atoms with Crippen molar-refractivity contribution < 1.29 is 24.9 Å². The number of rotatable bonds is 4. The number of aromatic nitrogens is 1. The molecule has 124 valence electrons. The number of nitrogens with two attached hydrogens (primary N) is 1. The van der Waals surface area contributed by atoms with Gasteiger partial charge in [-0.1, -0.05) is 6.07 Å². The Balaban J connectivity index is 0.000000284. The molecule has 1 aromatic heterocycles. The molecule has 0 fully saturated rings. The SMILES string of the molecule is Cc1c(CCN)c2c(O)cccc2n1C.O=C(O)/C=C/C(=O)O. The van der Waals surface area contributed by atoms with E-state index in [9.17, 15) is 14.7 Å². The van der Waals surface area contributed by atoms with E-state index < -0.39 is 11.9 Å². The number of aryl methyl sites for hydroxylation is 1. The molecule has 23 heavy (non-hydrogen) atoms. The molecule has 0 aliphatic heterocycles. The summed E-state index contributed by atoms with van der Waals surface area (Å²) >= 11 is 0.